The van der Waals surface area contributed by atoms with Gasteiger partial charge in [0.05, 0.1) is 19.3 Å². The highest BCUT2D eigenvalue weighted by molar-refractivity contribution is 7.54. The molecule has 5 nitrogen and oxygen atoms in total. The fourth-order valence-corrected chi connectivity index (χ4v) is 4.87. The van der Waals surface area contributed by atoms with E-state index in [-0.39, 0.29) is 12.2 Å². The van der Waals surface area contributed by atoms with Gasteiger partial charge < -0.3 is 19.1 Å². The summed E-state index contributed by atoms with van der Waals surface area (Å²) in [5.74, 6) is 0.0946. The molecule has 0 bridgehead atoms. The maximum Gasteiger partial charge on any atom is 0.357 e. The van der Waals surface area contributed by atoms with Crippen LogP contribution in [0.1, 0.15) is 39.0 Å². The van der Waals surface area contributed by atoms with Gasteiger partial charge in [-0.25, -0.2) is 0 Å². The van der Waals surface area contributed by atoms with Crippen molar-refractivity contribution in [2.45, 2.75) is 45.7 Å². The van der Waals surface area contributed by atoms with Crippen molar-refractivity contribution in [1.29, 1.82) is 0 Å². The standard InChI is InChI=1S/C20H28NO4P/c1-15(2)24-26(22,25-16(3)4)20(21-18-9-7-6-8-10-18)17-11-13-19(23-5)14-12-17/h6-16,20-21H,1-5H3/t20-/m1/s1. The van der Waals surface area contributed by atoms with Gasteiger partial charge in [-0.15, -0.1) is 0 Å². The van der Waals surface area contributed by atoms with Crippen molar-refractivity contribution in [3.8, 4) is 5.75 Å². The molecule has 0 aliphatic carbocycles. The van der Waals surface area contributed by atoms with Crippen LogP contribution in [0.2, 0.25) is 0 Å². The Hall–Kier alpha value is -1.81. The predicted octanol–water partition coefficient (Wildman–Crippen LogP) is 5.85. The van der Waals surface area contributed by atoms with E-state index in [0.29, 0.717) is 0 Å². The third kappa shape index (κ3) is 5.60. The quantitative estimate of drug-likeness (QED) is 0.556. The molecule has 0 fully saturated rings. The SMILES string of the molecule is COc1ccc([C@H](Nc2ccccc2)P(=O)(OC(C)C)OC(C)C)cc1. The Balaban J connectivity index is 2.46. The number of nitrogens with one attached hydrogen (secondary N) is 1. The first-order chi connectivity index (χ1) is 12.3. The fourth-order valence-electron chi connectivity index (χ4n) is 2.56. The molecule has 142 valence electrons. The summed E-state index contributed by atoms with van der Waals surface area (Å²) in [4.78, 5) is 0. The van der Waals surface area contributed by atoms with Crippen LogP contribution in [0.25, 0.3) is 0 Å². The van der Waals surface area contributed by atoms with E-state index in [9.17, 15) is 4.57 Å². The van der Waals surface area contributed by atoms with Gasteiger partial charge in [0.25, 0.3) is 0 Å². The molecule has 1 N–H and O–H groups in total. The van der Waals surface area contributed by atoms with E-state index in [2.05, 4.69) is 5.32 Å². The molecular weight excluding hydrogens is 349 g/mol. The van der Waals surface area contributed by atoms with Crippen LogP contribution in [0.4, 0.5) is 5.69 Å². The van der Waals surface area contributed by atoms with E-state index >= 15 is 0 Å². The first-order valence-corrected chi connectivity index (χ1v) is 10.4. The Morgan fingerprint density at radius 3 is 1.85 bits per heavy atom. The molecule has 0 aliphatic heterocycles. The molecule has 1 atom stereocenters. The molecule has 0 saturated heterocycles. The van der Waals surface area contributed by atoms with E-state index in [1.165, 1.54) is 0 Å². The van der Waals surface area contributed by atoms with Crippen LogP contribution in [0.3, 0.4) is 0 Å². The zero-order valence-corrected chi connectivity index (χ0v) is 16.9. The number of para-hydroxylation sites is 1. The molecule has 0 heterocycles. The molecule has 6 heteroatoms. The van der Waals surface area contributed by atoms with Gasteiger partial charge in [-0.05, 0) is 57.5 Å². The minimum absolute atomic E-state index is 0.238. The second-order valence-corrected chi connectivity index (χ2v) is 8.55. The number of benzene rings is 2. The lowest BCUT2D eigenvalue weighted by molar-refractivity contribution is 0.138. The smallest absolute Gasteiger partial charge is 0.357 e. The molecule has 0 aromatic heterocycles. The molecular formula is C20H28NO4P. The van der Waals surface area contributed by atoms with E-state index in [1.54, 1.807) is 7.11 Å². The molecule has 0 spiro atoms. The van der Waals surface area contributed by atoms with Crippen molar-refractivity contribution in [2.75, 3.05) is 12.4 Å². The predicted molar refractivity (Wildman–Crippen MR) is 106 cm³/mol. The first kappa shape index (κ1) is 20.5. The van der Waals surface area contributed by atoms with Crippen molar-refractivity contribution in [1.82, 2.24) is 0 Å². The third-order valence-electron chi connectivity index (χ3n) is 3.54. The van der Waals surface area contributed by atoms with Gasteiger partial charge >= 0.3 is 7.60 Å². The van der Waals surface area contributed by atoms with Crippen LogP contribution in [0.15, 0.2) is 54.6 Å². The summed E-state index contributed by atoms with van der Waals surface area (Å²) in [6.45, 7) is 7.40. The average Bonchev–Trinajstić information content (AvgIpc) is 2.59. The number of hydrogen-bond donors (Lipinski definition) is 1. The summed E-state index contributed by atoms with van der Waals surface area (Å²) in [6.07, 6.45) is -0.476. The van der Waals surface area contributed by atoms with Crippen molar-refractivity contribution in [3.63, 3.8) is 0 Å². The van der Waals surface area contributed by atoms with Crippen molar-refractivity contribution >= 4 is 13.3 Å². The highest BCUT2D eigenvalue weighted by atomic mass is 31.2. The molecule has 0 amide bonds. The third-order valence-corrected chi connectivity index (χ3v) is 6.03. The van der Waals surface area contributed by atoms with E-state index in [4.69, 9.17) is 13.8 Å². The summed E-state index contributed by atoms with van der Waals surface area (Å²) in [6, 6.07) is 17.0. The maximum absolute atomic E-state index is 13.8. The average molecular weight is 377 g/mol. The Bertz CT molecular complexity index is 702. The van der Waals surface area contributed by atoms with Gasteiger partial charge in [0.15, 0.2) is 5.78 Å². The Morgan fingerprint density at radius 1 is 0.846 bits per heavy atom. The zero-order valence-electron chi connectivity index (χ0n) is 16.0. The fraction of sp³-hybridized carbons (Fsp3) is 0.400. The van der Waals surface area contributed by atoms with Crippen LogP contribution in [0, 0.1) is 0 Å². The summed E-state index contributed by atoms with van der Waals surface area (Å²) >= 11 is 0. The lowest BCUT2D eigenvalue weighted by atomic mass is 10.2. The van der Waals surface area contributed by atoms with Crippen LogP contribution < -0.4 is 10.1 Å². The number of hydrogen-bond acceptors (Lipinski definition) is 5. The minimum atomic E-state index is -3.50. The van der Waals surface area contributed by atoms with Gasteiger partial charge in [-0.1, -0.05) is 30.3 Å². The minimum Gasteiger partial charge on any atom is -0.497 e. The Labute approximate surface area is 156 Å². The van der Waals surface area contributed by atoms with Gasteiger partial charge in [-0.3, -0.25) is 4.57 Å². The molecule has 2 rings (SSSR count). The summed E-state index contributed by atoms with van der Waals surface area (Å²) in [5.41, 5.74) is 1.65. The van der Waals surface area contributed by atoms with Crippen molar-refractivity contribution in [2.24, 2.45) is 0 Å². The summed E-state index contributed by atoms with van der Waals surface area (Å²) in [5, 5.41) is 3.33. The van der Waals surface area contributed by atoms with Crippen LogP contribution in [-0.2, 0) is 13.6 Å². The molecule has 2 aromatic carbocycles. The molecule has 2 aromatic rings. The maximum atomic E-state index is 13.8. The molecule has 0 aliphatic rings. The highest BCUT2D eigenvalue weighted by Crippen LogP contribution is 2.62. The Kier molecular flexibility index (Phi) is 7.27. The molecule has 0 radical (unpaired) electrons. The normalized spacial score (nSPS) is 13.0. The van der Waals surface area contributed by atoms with Crippen LogP contribution in [0.5, 0.6) is 5.75 Å². The first-order valence-electron chi connectivity index (χ1n) is 8.76. The van der Waals surface area contributed by atoms with E-state index in [1.807, 2.05) is 82.3 Å². The van der Waals surface area contributed by atoms with Gasteiger partial charge in [0.1, 0.15) is 5.75 Å². The topological polar surface area (TPSA) is 56.8 Å². The Morgan fingerprint density at radius 2 is 1.38 bits per heavy atom. The number of methoxy groups -OCH3 is 1. The van der Waals surface area contributed by atoms with Gasteiger partial charge in [0, 0.05) is 5.69 Å². The van der Waals surface area contributed by atoms with Crippen LogP contribution >= 0.6 is 7.60 Å². The van der Waals surface area contributed by atoms with Crippen molar-refractivity contribution < 1.29 is 18.3 Å². The second-order valence-electron chi connectivity index (χ2n) is 6.53. The van der Waals surface area contributed by atoms with Gasteiger partial charge in [0.2, 0.25) is 0 Å². The number of rotatable bonds is 9. The largest absolute Gasteiger partial charge is 0.497 e. The van der Waals surface area contributed by atoms with E-state index < -0.39 is 13.4 Å². The number of ether oxygens (including phenoxy) is 1. The molecule has 26 heavy (non-hydrogen) atoms. The second kappa shape index (κ2) is 9.22. The molecule has 0 saturated carbocycles. The van der Waals surface area contributed by atoms with Gasteiger partial charge in [-0.2, -0.15) is 0 Å². The van der Waals surface area contributed by atoms with Crippen LogP contribution in [-0.4, -0.2) is 19.3 Å². The lowest BCUT2D eigenvalue weighted by Gasteiger charge is -2.31. The van der Waals surface area contributed by atoms with E-state index in [0.717, 1.165) is 17.0 Å². The lowest BCUT2D eigenvalue weighted by Crippen LogP contribution is -2.19. The monoisotopic (exact) mass is 377 g/mol. The van der Waals surface area contributed by atoms with Crippen molar-refractivity contribution in [3.05, 3.63) is 60.2 Å². The summed E-state index contributed by atoms with van der Waals surface area (Å²) in [7, 11) is -1.89. The molecule has 0 unspecified atom stereocenters. The highest BCUT2D eigenvalue weighted by Gasteiger charge is 2.39. The zero-order chi connectivity index (χ0) is 19.2. The number of anilines is 1. The summed E-state index contributed by atoms with van der Waals surface area (Å²) < 4.78 is 30.7.